The first kappa shape index (κ1) is 19.9. The molecule has 5 nitrogen and oxygen atoms in total. The van der Waals surface area contributed by atoms with Gasteiger partial charge < -0.3 is 13.9 Å². The van der Waals surface area contributed by atoms with Crippen molar-refractivity contribution in [2.75, 3.05) is 13.1 Å². The number of para-hydroxylation sites is 2. The zero-order chi connectivity index (χ0) is 21.5. The molecule has 0 radical (unpaired) electrons. The van der Waals surface area contributed by atoms with Crippen LogP contribution >= 0.6 is 0 Å². The molecule has 5 rings (SSSR count). The molecule has 3 heterocycles. The van der Waals surface area contributed by atoms with Crippen molar-refractivity contribution < 1.29 is 9.21 Å². The Morgan fingerprint density at radius 2 is 2.03 bits per heavy atom. The van der Waals surface area contributed by atoms with Gasteiger partial charge >= 0.3 is 0 Å². The van der Waals surface area contributed by atoms with E-state index in [0.29, 0.717) is 12.3 Å². The number of aryl methyl sites for hydroxylation is 3. The Bertz CT molecular complexity index is 1270. The molecule has 1 aliphatic rings. The van der Waals surface area contributed by atoms with Crippen molar-refractivity contribution in [3.63, 3.8) is 0 Å². The molecule has 1 saturated heterocycles. The summed E-state index contributed by atoms with van der Waals surface area (Å²) in [6.45, 7) is 8.61. The quantitative estimate of drug-likeness (QED) is 0.421. The van der Waals surface area contributed by atoms with Gasteiger partial charge in [0.2, 0.25) is 0 Å². The number of carbonyl (C=O) groups excluding carboxylic acids is 1. The second-order valence-electron chi connectivity index (χ2n) is 8.76. The average Bonchev–Trinajstić information content (AvgIpc) is 3.31. The van der Waals surface area contributed by atoms with Crippen LogP contribution in [0.5, 0.6) is 0 Å². The fourth-order valence-electron chi connectivity index (χ4n) is 4.92. The molecule has 1 unspecified atom stereocenters. The minimum Gasteiger partial charge on any atom is -0.451 e. The zero-order valence-corrected chi connectivity index (χ0v) is 18.5. The molecule has 160 valence electrons. The second kappa shape index (κ2) is 7.88. The van der Waals surface area contributed by atoms with E-state index in [1.165, 1.54) is 5.52 Å². The van der Waals surface area contributed by atoms with Gasteiger partial charge in [0.1, 0.15) is 11.4 Å². The summed E-state index contributed by atoms with van der Waals surface area (Å²) >= 11 is 0. The number of furan rings is 1. The highest BCUT2D eigenvalue weighted by Gasteiger charge is 2.31. The topological polar surface area (TPSA) is 51.3 Å². The molecule has 1 fully saturated rings. The van der Waals surface area contributed by atoms with E-state index in [0.717, 1.165) is 65.8 Å². The third-order valence-electron chi connectivity index (χ3n) is 6.49. The van der Waals surface area contributed by atoms with Crippen LogP contribution in [0, 0.1) is 13.8 Å². The van der Waals surface area contributed by atoms with Crippen LogP contribution < -0.4 is 0 Å². The number of hydrogen-bond donors (Lipinski definition) is 0. The van der Waals surface area contributed by atoms with E-state index in [-0.39, 0.29) is 11.8 Å². The van der Waals surface area contributed by atoms with E-state index in [2.05, 4.69) is 35.8 Å². The Balaban J connectivity index is 1.46. The van der Waals surface area contributed by atoms with Crippen molar-refractivity contribution in [2.24, 2.45) is 0 Å². The molecule has 1 atom stereocenters. The highest BCUT2D eigenvalue weighted by molar-refractivity contribution is 5.99. The minimum atomic E-state index is -0.00537. The highest BCUT2D eigenvalue weighted by Crippen LogP contribution is 2.32. The molecule has 0 saturated carbocycles. The zero-order valence-electron chi connectivity index (χ0n) is 18.5. The van der Waals surface area contributed by atoms with Gasteiger partial charge in [0, 0.05) is 36.5 Å². The number of hydrogen-bond acceptors (Lipinski definition) is 3. The van der Waals surface area contributed by atoms with Crippen molar-refractivity contribution in [1.29, 1.82) is 0 Å². The van der Waals surface area contributed by atoms with Crippen molar-refractivity contribution in [2.45, 2.75) is 52.5 Å². The first-order valence-electron chi connectivity index (χ1n) is 11.3. The van der Waals surface area contributed by atoms with Crippen molar-refractivity contribution in [3.8, 4) is 0 Å². The average molecular weight is 416 g/mol. The summed E-state index contributed by atoms with van der Waals surface area (Å²) in [4.78, 5) is 20.4. The molecule has 0 N–H and O–H groups in total. The minimum absolute atomic E-state index is 0.00537. The van der Waals surface area contributed by atoms with Gasteiger partial charge in [-0.2, -0.15) is 0 Å². The Morgan fingerprint density at radius 1 is 1.19 bits per heavy atom. The van der Waals surface area contributed by atoms with Crippen LogP contribution in [0.15, 0.2) is 46.9 Å². The highest BCUT2D eigenvalue weighted by atomic mass is 16.3. The van der Waals surface area contributed by atoms with Crippen LogP contribution in [0.2, 0.25) is 0 Å². The summed E-state index contributed by atoms with van der Waals surface area (Å²) in [7, 11) is 0. The van der Waals surface area contributed by atoms with Crippen LogP contribution in [-0.4, -0.2) is 33.4 Å². The lowest BCUT2D eigenvalue weighted by atomic mass is 9.96. The maximum Gasteiger partial charge on any atom is 0.289 e. The van der Waals surface area contributed by atoms with E-state index < -0.39 is 0 Å². The van der Waals surface area contributed by atoms with Crippen LogP contribution in [0.3, 0.4) is 0 Å². The van der Waals surface area contributed by atoms with Crippen LogP contribution in [0.4, 0.5) is 0 Å². The Kier molecular flexibility index (Phi) is 5.05. The molecular weight excluding hydrogens is 386 g/mol. The van der Waals surface area contributed by atoms with Gasteiger partial charge in [-0.25, -0.2) is 4.98 Å². The number of amides is 1. The molecule has 0 aliphatic carbocycles. The largest absolute Gasteiger partial charge is 0.451 e. The van der Waals surface area contributed by atoms with Crippen molar-refractivity contribution >= 4 is 27.9 Å². The van der Waals surface area contributed by atoms with Gasteiger partial charge in [0.25, 0.3) is 5.91 Å². The van der Waals surface area contributed by atoms with Crippen LogP contribution in [-0.2, 0) is 6.54 Å². The maximum absolute atomic E-state index is 13.4. The second-order valence-corrected chi connectivity index (χ2v) is 8.76. The molecule has 2 aromatic carbocycles. The van der Waals surface area contributed by atoms with E-state index in [9.17, 15) is 4.79 Å². The number of benzene rings is 2. The Hall–Kier alpha value is -3.08. The summed E-state index contributed by atoms with van der Waals surface area (Å²) in [5.74, 6) is 1.82. The van der Waals surface area contributed by atoms with Gasteiger partial charge in [-0.15, -0.1) is 0 Å². The summed E-state index contributed by atoms with van der Waals surface area (Å²) in [6.07, 6.45) is 3.08. The standard InChI is InChI=1S/C26H29N3O2/c1-4-13-29-22-10-6-5-9-21(22)27-25(29)19-8-7-14-28(16-19)26(30)24-18(3)20-12-11-17(2)15-23(20)31-24/h5-6,9-12,15,19H,4,7-8,13-14,16H2,1-3H3. The third-order valence-corrected chi connectivity index (χ3v) is 6.49. The summed E-state index contributed by atoms with van der Waals surface area (Å²) in [5, 5.41) is 1.02. The number of nitrogens with zero attached hydrogens (tertiary/aromatic N) is 3. The number of likely N-dealkylation sites (tertiary alicyclic amines) is 1. The predicted octanol–water partition coefficient (Wildman–Crippen LogP) is 5.83. The summed E-state index contributed by atoms with van der Waals surface area (Å²) in [6, 6.07) is 14.5. The molecule has 4 aromatic rings. The molecule has 0 bridgehead atoms. The maximum atomic E-state index is 13.4. The fraction of sp³-hybridized carbons (Fsp3) is 0.385. The molecule has 1 aliphatic heterocycles. The Morgan fingerprint density at radius 3 is 2.87 bits per heavy atom. The van der Waals surface area contributed by atoms with Gasteiger partial charge in [-0.3, -0.25) is 4.79 Å². The predicted molar refractivity (Wildman–Crippen MR) is 124 cm³/mol. The van der Waals surface area contributed by atoms with E-state index in [1.807, 2.05) is 36.9 Å². The number of rotatable bonds is 4. The van der Waals surface area contributed by atoms with Crippen LogP contribution in [0.25, 0.3) is 22.0 Å². The molecule has 5 heteroatoms. The lowest BCUT2D eigenvalue weighted by Gasteiger charge is -2.32. The fourth-order valence-corrected chi connectivity index (χ4v) is 4.92. The monoisotopic (exact) mass is 415 g/mol. The number of imidazole rings is 1. The first-order chi connectivity index (χ1) is 15.1. The van der Waals surface area contributed by atoms with Crippen LogP contribution in [0.1, 0.15) is 59.6 Å². The molecule has 0 spiro atoms. The lowest BCUT2D eigenvalue weighted by Crippen LogP contribution is -2.39. The van der Waals surface area contributed by atoms with E-state index >= 15 is 0 Å². The first-order valence-corrected chi connectivity index (χ1v) is 11.3. The smallest absolute Gasteiger partial charge is 0.289 e. The van der Waals surface area contributed by atoms with Gasteiger partial charge in [-0.1, -0.05) is 31.2 Å². The van der Waals surface area contributed by atoms with Crippen molar-refractivity contribution in [1.82, 2.24) is 14.5 Å². The molecular formula is C26H29N3O2. The summed E-state index contributed by atoms with van der Waals surface area (Å²) < 4.78 is 8.38. The third kappa shape index (κ3) is 3.42. The molecule has 31 heavy (non-hydrogen) atoms. The Labute approximate surface area is 182 Å². The SMILES string of the molecule is CCCn1c(C2CCCN(C(=O)c3oc4cc(C)ccc4c3C)C2)nc2ccccc21. The van der Waals surface area contributed by atoms with Gasteiger partial charge in [-0.05, 0) is 56.9 Å². The number of carbonyl (C=O) groups is 1. The number of piperidine rings is 1. The van der Waals surface area contributed by atoms with Gasteiger partial charge in [0.15, 0.2) is 5.76 Å². The van der Waals surface area contributed by atoms with Crippen molar-refractivity contribution in [3.05, 3.63) is 65.2 Å². The van der Waals surface area contributed by atoms with E-state index in [4.69, 9.17) is 9.40 Å². The number of fused-ring (bicyclic) bond motifs is 2. The van der Waals surface area contributed by atoms with E-state index in [1.54, 1.807) is 0 Å². The molecule has 2 aromatic heterocycles. The normalized spacial score (nSPS) is 17.0. The lowest BCUT2D eigenvalue weighted by molar-refractivity contribution is 0.0672. The summed E-state index contributed by atoms with van der Waals surface area (Å²) in [5.41, 5.74) is 5.08. The number of aromatic nitrogens is 2. The van der Waals surface area contributed by atoms with Gasteiger partial charge in [0.05, 0.1) is 11.0 Å². The molecule has 1 amide bonds.